The fourth-order valence-electron chi connectivity index (χ4n) is 2.48. The average molecular weight is 329 g/mol. The lowest BCUT2D eigenvalue weighted by molar-refractivity contribution is 0.583. The van der Waals surface area contributed by atoms with Crippen LogP contribution in [0.15, 0.2) is 59.4 Å². The summed E-state index contributed by atoms with van der Waals surface area (Å²) in [7, 11) is -3.75. The fourth-order valence-corrected chi connectivity index (χ4v) is 2.84. The summed E-state index contributed by atoms with van der Waals surface area (Å²) in [5, 5.41) is 5.86. The highest BCUT2D eigenvalue weighted by Crippen LogP contribution is 2.26. The summed E-state index contributed by atoms with van der Waals surface area (Å²) >= 11 is 0. The third-order valence-corrected chi connectivity index (χ3v) is 4.01. The molecule has 3 aromatic rings. The van der Waals surface area contributed by atoms with Gasteiger partial charge in [0.15, 0.2) is 0 Å². The number of aromatic amines is 1. The lowest BCUT2D eigenvalue weighted by atomic mass is 9.99. The first kappa shape index (κ1) is 15.4. The minimum atomic E-state index is -3.75. The normalized spacial score (nSPS) is 11.7. The number of aromatic nitrogens is 1. The molecule has 4 N–H and O–H groups in total. The number of H-pyrrole nitrogens is 1. The molecule has 1 heterocycles. The molecule has 0 radical (unpaired) electrons. The van der Waals surface area contributed by atoms with E-state index in [2.05, 4.69) is 9.71 Å². The molecule has 0 bridgehead atoms. The van der Waals surface area contributed by atoms with Crippen LogP contribution < -0.4 is 15.4 Å². The summed E-state index contributed by atoms with van der Waals surface area (Å²) in [5.41, 5.74) is 2.94. The maximum atomic E-state index is 11.9. The first-order chi connectivity index (χ1) is 10.9. The summed E-state index contributed by atoms with van der Waals surface area (Å²) in [6, 6.07) is 16.4. The third kappa shape index (κ3) is 3.65. The molecule has 118 valence electrons. The zero-order valence-electron chi connectivity index (χ0n) is 12.1. The van der Waals surface area contributed by atoms with Gasteiger partial charge in [0.25, 0.3) is 10.2 Å². The monoisotopic (exact) mass is 329 g/mol. The molecular formula is C16H15N3O3S. The second-order valence-electron chi connectivity index (χ2n) is 5.16. The number of para-hydroxylation sites is 1. The minimum Gasteiger partial charge on any atom is -0.322 e. The SMILES string of the molecule is NS(=O)(=O)NCc1cccc(-c2cc(=O)[nH]c3ccccc23)c1. The van der Waals surface area contributed by atoms with E-state index in [1.165, 1.54) is 6.07 Å². The van der Waals surface area contributed by atoms with Gasteiger partial charge in [0, 0.05) is 23.5 Å². The molecule has 7 heteroatoms. The van der Waals surface area contributed by atoms with E-state index in [0.717, 1.165) is 27.6 Å². The molecule has 3 rings (SSSR count). The van der Waals surface area contributed by atoms with Gasteiger partial charge in [-0.2, -0.15) is 13.1 Å². The van der Waals surface area contributed by atoms with Crippen LogP contribution in [-0.4, -0.2) is 13.4 Å². The molecule has 1 aromatic heterocycles. The summed E-state index contributed by atoms with van der Waals surface area (Å²) in [6.45, 7) is 0.0911. The highest BCUT2D eigenvalue weighted by molar-refractivity contribution is 7.87. The van der Waals surface area contributed by atoms with Crippen LogP contribution in [0, 0.1) is 0 Å². The Morgan fingerprint density at radius 1 is 1.04 bits per heavy atom. The molecule has 0 aliphatic heterocycles. The molecule has 6 nitrogen and oxygen atoms in total. The number of fused-ring (bicyclic) bond motifs is 1. The Labute approximate surface area is 133 Å². The number of nitrogens with two attached hydrogens (primary N) is 1. The number of hydrogen-bond donors (Lipinski definition) is 3. The maximum absolute atomic E-state index is 11.9. The molecule has 0 saturated carbocycles. The van der Waals surface area contributed by atoms with Crippen molar-refractivity contribution >= 4 is 21.1 Å². The Bertz CT molecular complexity index is 1030. The van der Waals surface area contributed by atoms with Crippen LogP contribution in [0.5, 0.6) is 0 Å². The van der Waals surface area contributed by atoms with Crippen molar-refractivity contribution in [3.05, 3.63) is 70.5 Å². The van der Waals surface area contributed by atoms with E-state index in [1.807, 2.05) is 42.5 Å². The van der Waals surface area contributed by atoms with Crippen LogP contribution in [0.25, 0.3) is 22.0 Å². The van der Waals surface area contributed by atoms with Gasteiger partial charge in [-0.3, -0.25) is 4.79 Å². The van der Waals surface area contributed by atoms with Gasteiger partial charge in [-0.25, -0.2) is 5.14 Å². The van der Waals surface area contributed by atoms with Crippen LogP contribution in [0.3, 0.4) is 0 Å². The Morgan fingerprint density at radius 2 is 1.83 bits per heavy atom. The molecular weight excluding hydrogens is 314 g/mol. The fraction of sp³-hybridized carbons (Fsp3) is 0.0625. The topological polar surface area (TPSA) is 105 Å². The van der Waals surface area contributed by atoms with Gasteiger partial charge in [0.05, 0.1) is 0 Å². The van der Waals surface area contributed by atoms with Crippen molar-refractivity contribution in [2.24, 2.45) is 5.14 Å². The Hall–Kier alpha value is -2.48. The van der Waals surface area contributed by atoms with Gasteiger partial charge in [0.2, 0.25) is 5.56 Å². The second-order valence-corrected chi connectivity index (χ2v) is 6.54. The number of benzene rings is 2. The van der Waals surface area contributed by atoms with E-state index in [1.54, 1.807) is 6.07 Å². The quantitative estimate of drug-likeness (QED) is 0.675. The van der Waals surface area contributed by atoms with E-state index in [-0.39, 0.29) is 12.1 Å². The number of hydrogen-bond acceptors (Lipinski definition) is 3. The van der Waals surface area contributed by atoms with Gasteiger partial charge in [-0.05, 0) is 28.8 Å². The number of pyridine rings is 1. The van der Waals surface area contributed by atoms with Gasteiger partial charge < -0.3 is 4.98 Å². The Balaban J connectivity index is 2.07. The Morgan fingerprint density at radius 3 is 2.61 bits per heavy atom. The molecule has 0 aliphatic rings. The van der Waals surface area contributed by atoms with E-state index >= 15 is 0 Å². The van der Waals surface area contributed by atoms with Crippen molar-refractivity contribution in [1.29, 1.82) is 0 Å². The molecule has 0 spiro atoms. The van der Waals surface area contributed by atoms with Gasteiger partial charge >= 0.3 is 0 Å². The van der Waals surface area contributed by atoms with Gasteiger partial charge in [-0.1, -0.05) is 36.4 Å². The van der Waals surface area contributed by atoms with Crippen molar-refractivity contribution in [3.63, 3.8) is 0 Å². The van der Waals surface area contributed by atoms with Crippen LogP contribution in [0.4, 0.5) is 0 Å². The smallest absolute Gasteiger partial charge is 0.274 e. The van der Waals surface area contributed by atoms with Gasteiger partial charge in [0.1, 0.15) is 0 Å². The summed E-state index contributed by atoms with van der Waals surface area (Å²) in [4.78, 5) is 14.7. The van der Waals surface area contributed by atoms with Crippen LogP contribution in [0.1, 0.15) is 5.56 Å². The first-order valence-electron chi connectivity index (χ1n) is 6.91. The van der Waals surface area contributed by atoms with E-state index in [9.17, 15) is 13.2 Å². The summed E-state index contributed by atoms with van der Waals surface area (Å²) in [6.07, 6.45) is 0. The Kier molecular flexibility index (Phi) is 3.99. The van der Waals surface area contributed by atoms with Crippen molar-refractivity contribution in [1.82, 2.24) is 9.71 Å². The molecule has 0 fully saturated rings. The molecule has 0 unspecified atom stereocenters. The van der Waals surface area contributed by atoms with Crippen molar-refractivity contribution in [3.8, 4) is 11.1 Å². The number of nitrogens with one attached hydrogen (secondary N) is 2. The lowest BCUT2D eigenvalue weighted by Crippen LogP contribution is -2.30. The predicted octanol–water partition coefficient (Wildman–Crippen LogP) is 1.49. The van der Waals surface area contributed by atoms with Crippen LogP contribution in [-0.2, 0) is 16.8 Å². The highest BCUT2D eigenvalue weighted by Gasteiger charge is 2.07. The minimum absolute atomic E-state index is 0.0911. The standard InChI is InChI=1S/C16H15N3O3S/c17-23(21,22)18-10-11-4-3-5-12(8-11)14-9-16(20)19-15-7-2-1-6-13(14)15/h1-9,18H,10H2,(H,19,20)(H2,17,21,22). The van der Waals surface area contributed by atoms with Gasteiger partial charge in [-0.15, -0.1) is 0 Å². The molecule has 0 amide bonds. The van der Waals surface area contributed by atoms with Crippen LogP contribution >= 0.6 is 0 Å². The molecule has 0 saturated heterocycles. The zero-order valence-corrected chi connectivity index (χ0v) is 12.9. The molecule has 0 aliphatic carbocycles. The van der Waals surface area contributed by atoms with E-state index < -0.39 is 10.2 Å². The molecule has 2 aromatic carbocycles. The predicted molar refractivity (Wildman–Crippen MR) is 90.0 cm³/mol. The number of rotatable bonds is 4. The highest BCUT2D eigenvalue weighted by atomic mass is 32.2. The zero-order chi connectivity index (χ0) is 16.4. The third-order valence-electron chi connectivity index (χ3n) is 3.47. The van der Waals surface area contributed by atoms with Crippen molar-refractivity contribution < 1.29 is 8.42 Å². The van der Waals surface area contributed by atoms with Crippen LogP contribution in [0.2, 0.25) is 0 Å². The summed E-state index contributed by atoms with van der Waals surface area (Å²) < 4.78 is 24.2. The van der Waals surface area contributed by atoms with E-state index in [4.69, 9.17) is 5.14 Å². The van der Waals surface area contributed by atoms with Crippen molar-refractivity contribution in [2.45, 2.75) is 6.54 Å². The largest absolute Gasteiger partial charge is 0.322 e. The van der Waals surface area contributed by atoms with Crippen molar-refractivity contribution in [2.75, 3.05) is 0 Å². The maximum Gasteiger partial charge on any atom is 0.274 e. The average Bonchev–Trinajstić information content (AvgIpc) is 2.52. The summed E-state index contributed by atoms with van der Waals surface area (Å²) in [5.74, 6) is 0. The first-order valence-corrected chi connectivity index (χ1v) is 8.46. The van der Waals surface area contributed by atoms with E-state index in [0.29, 0.717) is 0 Å². The molecule has 0 atom stereocenters. The molecule has 23 heavy (non-hydrogen) atoms. The second kappa shape index (κ2) is 5.96. The lowest BCUT2D eigenvalue weighted by Gasteiger charge is -2.09.